The van der Waals surface area contributed by atoms with E-state index in [1.165, 1.54) is 13.2 Å². The Morgan fingerprint density at radius 3 is 2.33 bits per heavy atom. The van der Waals surface area contributed by atoms with Crippen LogP contribution in [-0.4, -0.2) is 50.8 Å². The summed E-state index contributed by atoms with van der Waals surface area (Å²) in [7, 11) is 5.02. The van der Waals surface area contributed by atoms with Crippen LogP contribution < -0.4 is 15.5 Å². The van der Waals surface area contributed by atoms with Crippen molar-refractivity contribution in [1.82, 2.24) is 5.32 Å². The Bertz CT molecular complexity index is 894. The first-order chi connectivity index (χ1) is 14.3. The van der Waals surface area contributed by atoms with E-state index in [9.17, 15) is 19.5 Å². The molecule has 8 heteroatoms. The maximum absolute atomic E-state index is 12.2. The number of hydrogen-bond donors (Lipinski definition) is 3. The molecule has 2 aromatic rings. The number of carboxylic acid groups (broad SMARTS) is 1. The van der Waals surface area contributed by atoms with Gasteiger partial charge < -0.3 is 25.4 Å². The summed E-state index contributed by atoms with van der Waals surface area (Å²) >= 11 is 0. The average molecular weight is 413 g/mol. The quantitative estimate of drug-likeness (QED) is 0.430. The first-order valence-corrected chi connectivity index (χ1v) is 9.58. The summed E-state index contributed by atoms with van der Waals surface area (Å²) in [5.74, 6) is -1.47. The second-order valence-corrected chi connectivity index (χ2v) is 6.96. The fraction of sp³-hybridized carbons (Fsp3) is 0.318. The first kappa shape index (κ1) is 22.7. The van der Waals surface area contributed by atoms with Gasteiger partial charge in [-0.25, -0.2) is 14.4 Å². The van der Waals surface area contributed by atoms with Crippen molar-refractivity contribution in [1.29, 1.82) is 0 Å². The number of carboxylic acids is 1. The van der Waals surface area contributed by atoms with E-state index in [1.807, 2.05) is 31.1 Å². The van der Waals surface area contributed by atoms with Gasteiger partial charge >= 0.3 is 18.0 Å². The van der Waals surface area contributed by atoms with Gasteiger partial charge in [0.1, 0.15) is 0 Å². The SMILES string of the molecule is COC(=O)c1ccc(CCCCNC(=O)Nc2cc(N(C)C)ccc2C(=O)O)cc1. The molecule has 0 saturated heterocycles. The Kier molecular flexibility index (Phi) is 8.22. The molecular weight excluding hydrogens is 386 g/mol. The van der Waals surface area contributed by atoms with Crippen molar-refractivity contribution in [2.24, 2.45) is 0 Å². The third-order valence-corrected chi connectivity index (χ3v) is 4.55. The number of esters is 1. The van der Waals surface area contributed by atoms with Gasteiger partial charge in [0.25, 0.3) is 0 Å². The summed E-state index contributed by atoms with van der Waals surface area (Å²) in [4.78, 5) is 36.8. The lowest BCUT2D eigenvalue weighted by molar-refractivity contribution is 0.0599. The van der Waals surface area contributed by atoms with Crippen LogP contribution in [-0.2, 0) is 11.2 Å². The maximum Gasteiger partial charge on any atom is 0.337 e. The molecule has 0 heterocycles. The molecule has 160 valence electrons. The molecule has 0 saturated carbocycles. The maximum atomic E-state index is 12.2. The molecule has 0 aliphatic carbocycles. The van der Waals surface area contributed by atoms with Crippen LogP contribution >= 0.6 is 0 Å². The van der Waals surface area contributed by atoms with Crippen LogP contribution in [0.5, 0.6) is 0 Å². The Morgan fingerprint density at radius 1 is 1.03 bits per heavy atom. The number of aryl methyl sites for hydroxylation is 1. The number of anilines is 2. The van der Waals surface area contributed by atoms with Crippen LogP contribution in [0.3, 0.4) is 0 Å². The van der Waals surface area contributed by atoms with Crippen molar-refractivity contribution in [3.8, 4) is 0 Å². The highest BCUT2D eigenvalue weighted by Crippen LogP contribution is 2.22. The molecule has 0 aliphatic heterocycles. The highest BCUT2D eigenvalue weighted by Gasteiger charge is 2.14. The molecule has 0 bridgehead atoms. The fourth-order valence-corrected chi connectivity index (χ4v) is 2.85. The largest absolute Gasteiger partial charge is 0.478 e. The lowest BCUT2D eigenvalue weighted by atomic mass is 10.1. The topological polar surface area (TPSA) is 108 Å². The van der Waals surface area contributed by atoms with E-state index in [-0.39, 0.29) is 17.2 Å². The van der Waals surface area contributed by atoms with E-state index < -0.39 is 12.0 Å². The van der Waals surface area contributed by atoms with Crippen LogP contribution in [0.15, 0.2) is 42.5 Å². The fourth-order valence-electron chi connectivity index (χ4n) is 2.85. The predicted octanol–water partition coefficient (Wildman–Crippen LogP) is 3.38. The van der Waals surface area contributed by atoms with E-state index in [0.717, 1.165) is 30.5 Å². The normalized spacial score (nSPS) is 10.2. The van der Waals surface area contributed by atoms with Crippen molar-refractivity contribution in [3.63, 3.8) is 0 Å². The summed E-state index contributed by atoms with van der Waals surface area (Å²) in [6.45, 7) is 0.460. The lowest BCUT2D eigenvalue weighted by Crippen LogP contribution is -2.30. The van der Waals surface area contributed by atoms with Crippen molar-refractivity contribution in [2.75, 3.05) is 38.0 Å². The van der Waals surface area contributed by atoms with Crippen LogP contribution in [0.25, 0.3) is 0 Å². The van der Waals surface area contributed by atoms with E-state index in [1.54, 1.807) is 24.3 Å². The van der Waals surface area contributed by atoms with Gasteiger partial charge in [0.2, 0.25) is 0 Å². The van der Waals surface area contributed by atoms with Gasteiger partial charge in [0.05, 0.1) is 23.9 Å². The number of ether oxygens (including phenoxy) is 1. The van der Waals surface area contributed by atoms with Gasteiger partial charge in [-0.3, -0.25) is 0 Å². The Balaban J connectivity index is 1.79. The highest BCUT2D eigenvalue weighted by molar-refractivity contribution is 6.00. The summed E-state index contributed by atoms with van der Waals surface area (Å²) in [6, 6.07) is 11.6. The molecule has 3 N–H and O–H groups in total. The number of methoxy groups -OCH3 is 1. The summed E-state index contributed by atoms with van der Waals surface area (Å²) in [5, 5.41) is 14.7. The van der Waals surface area contributed by atoms with E-state index in [2.05, 4.69) is 15.4 Å². The molecule has 0 atom stereocenters. The molecular formula is C22H27N3O5. The number of carbonyl (C=O) groups is 3. The Hall–Kier alpha value is -3.55. The minimum absolute atomic E-state index is 0.0335. The number of aromatic carboxylic acids is 1. The molecule has 0 spiro atoms. The predicted molar refractivity (Wildman–Crippen MR) is 115 cm³/mol. The molecule has 0 fully saturated rings. The number of benzene rings is 2. The van der Waals surface area contributed by atoms with Gasteiger partial charge in [-0.05, 0) is 55.2 Å². The molecule has 2 amide bonds. The zero-order valence-electron chi connectivity index (χ0n) is 17.4. The molecule has 0 aliphatic rings. The number of urea groups is 1. The Morgan fingerprint density at radius 2 is 1.73 bits per heavy atom. The van der Waals surface area contributed by atoms with Gasteiger partial charge in [-0.1, -0.05) is 12.1 Å². The number of unbranched alkanes of at least 4 members (excludes halogenated alkanes) is 1. The molecule has 2 aromatic carbocycles. The Labute approximate surface area is 175 Å². The molecule has 0 radical (unpaired) electrons. The monoisotopic (exact) mass is 413 g/mol. The zero-order valence-corrected chi connectivity index (χ0v) is 17.4. The van der Waals surface area contributed by atoms with Crippen LogP contribution in [0.4, 0.5) is 16.2 Å². The number of nitrogens with one attached hydrogen (secondary N) is 2. The smallest absolute Gasteiger partial charge is 0.337 e. The van der Waals surface area contributed by atoms with Crippen LogP contribution in [0, 0.1) is 0 Å². The number of carbonyl (C=O) groups excluding carboxylic acids is 2. The lowest BCUT2D eigenvalue weighted by Gasteiger charge is -2.16. The number of rotatable bonds is 9. The molecule has 30 heavy (non-hydrogen) atoms. The van der Waals surface area contributed by atoms with E-state index >= 15 is 0 Å². The third-order valence-electron chi connectivity index (χ3n) is 4.55. The second kappa shape index (κ2) is 10.8. The second-order valence-electron chi connectivity index (χ2n) is 6.96. The van der Waals surface area contributed by atoms with E-state index in [0.29, 0.717) is 12.1 Å². The minimum Gasteiger partial charge on any atom is -0.478 e. The van der Waals surface area contributed by atoms with Crippen molar-refractivity contribution < 1.29 is 24.2 Å². The van der Waals surface area contributed by atoms with Crippen LogP contribution in [0.2, 0.25) is 0 Å². The van der Waals surface area contributed by atoms with Gasteiger partial charge in [0, 0.05) is 26.3 Å². The molecule has 2 rings (SSSR count). The van der Waals surface area contributed by atoms with Gasteiger partial charge in [-0.2, -0.15) is 0 Å². The van der Waals surface area contributed by atoms with Crippen molar-refractivity contribution >= 4 is 29.3 Å². The average Bonchev–Trinajstić information content (AvgIpc) is 2.73. The van der Waals surface area contributed by atoms with Crippen molar-refractivity contribution in [2.45, 2.75) is 19.3 Å². The number of amides is 2. The molecule has 0 unspecified atom stereocenters. The minimum atomic E-state index is -1.10. The summed E-state index contributed by atoms with van der Waals surface area (Å²) < 4.78 is 4.67. The molecule has 8 nitrogen and oxygen atoms in total. The highest BCUT2D eigenvalue weighted by atomic mass is 16.5. The summed E-state index contributed by atoms with van der Waals surface area (Å²) in [6.07, 6.45) is 2.43. The van der Waals surface area contributed by atoms with Gasteiger partial charge in [-0.15, -0.1) is 0 Å². The third kappa shape index (κ3) is 6.51. The van der Waals surface area contributed by atoms with Gasteiger partial charge in [0.15, 0.2) is 0 Å². The van der Waals surface area contributed by atoms with E-state index in [4.69, 9.17) is 0 Å². The number of hydrogen-bond acceptors (Lipinski definition) is 5. The van der Waals surface area contributed by atoms with Crippen LogP contribution in [0.1, 0.15) is 39.1 Å². The first-order valence-electron chi connectivity index (χ1n) is 9.58. The summed E-state index contributed by atoms with van der Waals surface area (Å²) in [5.41, 5.74) is 2.67. The standard InChI is InChI=1S/C22H27N3O5/c1-25(2)17-11-12-18(20(26)27)19(14-17)24-22(29)23-13-5-4-6-15-7-9-16(10-8-15)21(28)30-3/h7-12,14H,4-6,13H2,1-3H3,(H,26,27)(H2,23,24,29). The molecule has 0 aromatic heterocycles. The number of nitrogens with zero attached hydrogens (tertiary/aromatic N) is 1. The van der Waals surface area contributed by atoms with Crippen molar-refractivity contribution in [3.05, 3.63) is 59.2 Å². The zero-order chi connectivity index (χ0) is 22.1.